The van der Waals surface area contributed by atoms with E-state index in [0.717, 1.165) is 25.7 Å². The predicted molar refractivity (Wildman–Crippen MR) is 56.8 cm³/mol. The molecular formula is C11H20N2O2. The molecule has 2 fully saturated rings. The number of hydrogen-bond acceptors (Lipinski definition) is 3. The topological polar surface area (TPSA) is 64.4 Å². The molecule has 0 aromatic rings. The van der Waals surface area contributed by atoms with E-state index in [-0.39, 0.29) is 12.0 Å². The van der Waals surface area contributed by atoms with Gasteiger partial charge in [0.2, 0.25) is 0 Å². The molecule has 0 saturated heterocycles. The molecule has 0 spiro atoms. The summed E-state index contributed by atoms with van der Waals surface area (Å²) in [5.74, 6) is 0.168. The quantitative estimate of drug-likeness (QED) is 0.686. The Morgan fingerprint density at radius 3 is 2.47 bits per heavy atom. The van der Waals surface area contributed by atoms with Crippen LogP contribution in [0.1, 0.15) is 45.4 Å². The fraction of sp³-hybridized carbons (Fsp3) is 0.909. The Hall–Kier alpha value is -0.610. The van der Waals surface area contributed by atoms with Crippen LogP contribution in [-0.4, -0.2) is 17.6 Å². The van der Waals surface area contributed by atoms with Crippen LogP contribution in [0.2, 0.25) is 0 Å². The maximum Gasteiger partial charge on any atom is 0.263 e. The van der Waals surface area contributed by atoms with Gasteiger partial charge in [0.25, 0.3) is 5.91 Å². The summed E-state index contributed by atoms with van der Waals surface area (Å²) in [6.07, 6.45) is 6.81. The van der Waals surface area contributed by atoms with Gasteiger partial charge in [-0.2, -0.15) is 0 Å². The molecular weight excluding hydrogens is 192 g/mol. The summed E-state index contributed by atoms with van der Waals surface area (Å²) in [4.78, 5) is 17.1. The van der Waals surface area contributed by atoms with Gasteiger partial charge in [-0.1, -0.05) is 12.8 Å². The van der Waals surface area contributed by atoms with E-state index in [1.54, 1.807) is 6.92 Å². The van der Waals surface area contributed by atoms with Crippen LogP contribution in [0.4, 0.5) is 0 Å². The number of carbonyl (C=O) groups excluding carboxylic acids is 1. The number of nitrogens with one attached hydrogen (secondary N) is 1. The lowest BCUT2D eigenvalue weighted by atomic mass is 9.97. The maximum absolute atomic E-state index is 11.7. The molecule has 2 aliphatic rings. The Morgan fingerprint density at radius 1 is 1.33 bits per heavy atom. The lowest BCUT2D eigenvalue weighted by Gasteiger charge is -2.23. The first kappa shape index (κ1) is 10.9. The Labute approximate surface area is 90.5 Å². The van der Waals surface area contributed by atoms with Crippen molar-refractivity contribution in [1.82, 2.24) is 5.48 Å². The molecule has 0 aliphatic heterocycles. The summed E-state index contributed by atoms with van der Waals surface area (Å²) >= 11 is 0. The summed E-state index contributed by atoms with van der Waals surface area (Å²) in [5.41, 5.74) is 7.73. The highest BCUT2D eigenvalue weighted by Crippen LogP contribution is 2.38. The van der Waals surface area contributed by atoms with Gasteiger partial charge >= 0.3 is 0 Å². The molecule has 1 amide bonds. The SMILES string of the molecule is CC(N)(C(=O)NOC1CCCC1)C1CC1. The minimum atomic E-state index is -0.751. The molecule has 4 nitrogen and oxygen atoms in total. The lowest BCUT2D eigenvalue weighted by Crippen LogP contribution is -2.53. The molecule has 1 unspecified atom stereocenters. The third-order valence-corrected chi connectivity index (χ3v) is 3.54. The number of nitrogens with two attached hydrogens (primary N) is 1. The number of hydrogen-bond donors (Lipinski definition) is 2. The normalized spacial score (nSPS) is 26.3. The Morgan fingerprint density at radius 2 is 1.93 bits per heavy atom. The molecule has 0 bridgehead atoms. The van der Waals surface area contributed by atoms with Crippen LogP contribution in [0.3, 0.4) is 0 Å². The van der Waals surface area contributed by atoms with E-state index < -0.39 is 5.54 Å². The van der Waals surface area contributed by atoms with E-state index in [1.807, 2.05) is 0 Å². The molecule has 0 aromatic heterocycles. The van der Waals surface area contributed by atoms with Gasteiger partial charge in [0.05, 0.1) is 11.6 Å². The van der Waals surface area contributed by atoms with Crippen LogP contribution in [0.15, 0.2) is 0 Å². The summed E-state index contributed by atoms with van der Waals surface area (Å²) in [7, 11) is 0. The first-order valence-corrected chi connectivity index (χ1v) is 5.85. The highest BCUT2D eigenvalue weighted by Gasteiger charge is 2.44. The van der Waals surface area contributed by atoms with Gasteiger partial charge in [0.15, 0.2) is 0 Å². The van der Waals surface area contributed by atoms with E-state index in [4.69, 9.17) is 10.6 Å². The number of hydroxylamine groups is 1. The Bertz CT molecular complexity index is 243. The zero-order chi connectivity index (χ0) is 10.9. The van der Waals surface area contributed by atoms with Crippen LogP contribution < -0.4 is 11.2 Å². The molecule has 15 heavy (non-hydrogen) atoms. The monoisotopic (exact) mass is 212 g/mol. The largest absolute Gasteiger partial charge is 0.317 e. The Balaban J connectivity index is 1.75. The van der Waals surface area contributed by atoms with Gasteiger partial charge in [0, 0.05) is 0 Å². The summed E-state index contributed by atoms with van der Waals surface area (Å²) in [5, 5.41) is 0. The van der Waals surface area contributed by atoms with Crippen molar-refractivity contribution < 1.29 is 9.63 Å². The lowest BCUT2D eigenvalue weighted by molar-refractivity contribution is -0.144. The van der Waals surface area contributed by atoms with Crippen molar-refractivity contribution in [2.45, 2.75) is 57.1 Å². The zero-order valence-electron chi connectivity index (χ0n) is 9.29. The van der Waals surface area contributed by atoms with Gasteiger partial charge in [-0.15, -0.1) is 0 Å². The molecule has 3 N–H and O–H groups in total. The average Bonchev–Trinajstić information content (AvgIpc) is 2.94. The first-order valence-electron chi connectivity index (χ1n) is 5.85. The zero-order valence-corrected chi connectivity index (χ0v) is 9.29. The van der Waals surface area contributed by atoms with Gasteiger partial charge in [-0.3, -0.25) is 9.63 Å². The molecule has 0 radical (unpaired) electrons. The van der Waals surface area contributed by atoms with E-state index in [9.17, 15) is 4.79 Å². The summed E-state index contributed by atoms with van der Waals surface area (Å²) in [6, 6.07) is 0. The van der Waals surface area contributed by atoms with E-state index in [0.29, 0.717) is 5.92 Å². The average molecular weight is 212 g/mol. The predicted octanol–water partition coefficient (Wildman–Crippen LogP) is 1.10. The third-order valence-electron chi connectivity index (χ3n) is 3.54. The van der Waals surface area contributed by atoms with E-state index in [2.05, 4.69) is 5.48 Å². The number of rotatable bonds is 4. The standard InChI is InChI=1S/C11H20N2O2/c1-11(12,8-6-7-8)10(14)13-15-9-4-2-3-5-9/h8-9H,2-7,12H2,1H3,(H,13,14). The third kappa shape index (κ3) is 2.49. The van der Waals surface area contributed by atoms with E-state index >= 15 is 0 Å². The van der Waals surface area contributed by atoms with Crippen molar-refractivity contribution in [1.29, 1.82) is 0 Å². The van der Waals surface area contributed by atoms with Gasteiger partial charge in [-0.25, -0.2) is 5.48 Å². The summed E-state index contributed by atoms with van der Waals surface area (Å²) in [6.45, 7) is 1.79. The minimum absolute atomic E-state index is 0.170. The number of amides is 1. The van der Waals surface area contributed by atoms with Crippen LogP contribution in [0.5, 0.6) is 0 Å². The van der Waals surface area contributed by atoms with Gasteiger partial charge in [-0.05, 0) is 38.5 Å². The second-order valence-corrected chi connectivity index (χ2v) is 5.01. The van der Waals surface area contributed by atoms with Crippen molar-refractivity contribution in [3.05, 3.63) is 0 Å². The van der Waals surface area contributed by atoms with Crippen molar-refractivity contribution in [3.8, 4) is 0 Å². The molecule has 2 aliphatic carbocycles. The highest BCUT2D eigenvalue weighted by molar-refractivity contribution is 5.85. The number of carbonyl (C=O) groups is 1. The fourth-order valence-corrected chi connectivity index (χ4v) is 2.12. The Kier molecular flexibility index (Phi) is 2.98. The highest BCUT2D eigenvalue weighted by atomic mass is 16.7. The second kappa shape index (κ2) is 4.10. The molecule has 86 valence electrons. The summed E-state index contributed by atoms with van der Waals surface area (Å²) < 4.78 is 0. The molecule has 1 atom stereocenters. The van der Waals surface area contributed by atoms with Crippen molar-refractivity contribution in [2.24, 2.45) is 11.7 Å². The fourth-order valence-electron chi connectivity index (χ4n) is 2.12. The second-order valence-electron chi connectivity index (χ2n) is 5.01. The molecule has 2 saturated carbocycles. The van der Waals surface area contributed by atoms with Crippen LogP contribution >= 0.6 is 0 Å². The minimum Gasteiger partial charge on any atom is -0.317 e. The van der Waals surface area contributed by atoms with Crippen molar-refractivity contribution in [2.75, 3.05) is 0 Å². The molecule has 2 rings (SSSR count). The molecule has 0 heterocycles. The van der Waals surface area contributed by atoms with Crippen LogP contribution in [0.25, 0.3) is 0 Å². The smallest absolute Gasteiger partial charge is 0.263 e. The van der Waals surface area contributed by atoms with Crippen LogP contribution in [-0.2, 0) is 9.63 Å². The van der Waals surface area contributed by atoms with Crippen molar-refractivity contribution >= 4 is 5.91 Å². The van der Waals surface area contributed by atoms with Gasteiger partial charge in [0.1, 0.15) is 0 Å². The van der Waals surface area contributed by atoms with E-state index in [1.165, 1.54) is 12.8 Å². The van der Waals surface area contributed by atoms with Crippen LogP contribution in [0, 0.1) is 5.92 Å². The maximum atomic E-state index is 11.7. The molecule has 0 aromatic carbocycles. The van der Waals surface area contributed by atoms with Gasteiger partial charge < -0.3 is 5.73 Å². The first-order chi connectivity index (χ1) is 7.10. The molecule has 4 heteroatoms. The van der Waals surface area contributed by atoms with Crippen molar-refractivity contribution in [3.63, 3.8) is 0 Å².